The van der Waals surface area contributed by atoms with E-state index in [0.29, 0.717) is 0 Å². The van der Waals surface area contributed by atoms with E-state index in [4.69, 9.17) is 0 Å². The third kappa shape index (κ3) is 5.68. The molecule has 0 aliphatic heterocycles. The van der Waals surface area contributed by atoms with Crippen LogP contribution in [0.2, 0.25) is 0 Å². The van der Waals surface area contributed by atoms with Crippen molar-refractivity contribution in [3.05, 3.63) is 35.4 Å². The number of hydrogen-bond acceptors (Lipinski definition) is 0. The minimum Gasteiger partial charge on any atom is -0.325 e. The Hall–Kier alpha value is -0.820. The van der Waals surface area contributed by atoms with E-state index >= 15 is 0 Å². The van der Waals surface area contributed by atoms with Gasteiger partial charge in [0.2, 0.25) is 0 Å². The maximum Gasteiger partial charge on any atom is 0.104 e. The van der Waals surface area contributed by atoms with Crippen molar-refractivity contribution in [1.29, 1.82) is 0 Å². The Morgan fingerprint density at radius 1 is 1.00 bits per heavy atom. The van der Waals surface area contributed by atoms with Crippen molar-refractivity contribution in [2.75, 3.05) is 20.6 Å². The van der Waals surface area contributed by atoms with Gasteiger partial charge in [-0.05, 0) is 24.3 Å². The van der Waals surface area contributed by atoms with E-state index in [9.17, 15) is 0 Å². The number of unbranched alkanes of at least 4 members (excludes halogenated alkanes) is 1. The van der Waals surface area contributed by atoms with Crippen LogP contribution in [-0.2, 0) is 13.0 Å². The molecule has 0 aliphatic carbocycles. The van der Waals surface area contributed by atoms with Gasteiger partial charge in [0.05, 0.1) is 20.6 Å². The van der Waals surface area contributed by atoms with Gasteiger partial charge in [0.25, 0.3) is 0 Å². The van der Waals surface area contributed by atoms with Crippen molar-refractivity contribution in [3.63, 3.8) is 0 Å². The maximum atomic E-state index is 2.33. The SMILES string of the molecule is CCCC[N+](C)(C)Cc1ccc(CC(C)C)cc1. The standard InChI is InChI=1S/C17H30N/c1-6-7-12-18(4,5)14-17-10-8-16(9-11-17)13-15(2)3/h8-11,15H,6-7,12-14H2,1-5H3/q+1. The predicted molar refractivity (Wildman–Crippen MR) is 80.6 cm³/mol. The maximum absolute atomic E-state index is 2.33. The van der Waals surface area contributed by atoms with E-state index < -0.39 is 0 Å². The lowest BCUT2D eigenvalue weighted by atomic mass is 10.0. The molecule has 0 saturated carbocycles. The molecular formula is C17H30N+. The van der Waals surface area contributed by atoms with Crippen molar-refractivity contribution in [1.82, 2.24) is 0 Å². The number of rotatable bonds is 7. The second-order valence-electron chi connectivity index (χ2n) is 6.59. The van der Waals surface area contributed by atoms with Gasteiger partial charge >= 0.3 is 0 Å². The zero-order valence-electron chi connectivity index (χ0n) is 12.9. The normalized spacial score (nSPS) is 12.1. The van der Waals surface area contributed by atoms with E-state index in [0.717, 1.165) is 16.9 Å². The predicted octanol–water partition coefficient (Wildman–Crippen LogP) is 4.26. The molecule has 0 aliphatic rings. The van der Waals surface area contributed by atoms with E-state index in [1.807, 2.05) is 0 Å². The largest absolute Gasteiger partial charge is 0.325 e. The Morgan fingerprint density at radius 3 is 2.06 bits per heavy atom. The molecular weight excluding hydrogens is 218 g/mol. The fourth-order valence-electron chi connectivity index (χ4n) is 2.41. The molecule has 0 saturated heterocycles. The minimum atomic E-state index is 0.743. The van der Waals surface area contributed by atoms with Crippen LogP contribution >= 0.6 is 0 Å². The quantitative estimate of drug-likeness (QED) is 0.632. The summed E-state index contributed by atoms with van der Waals surface area (Å²) in [7, 11) is 4.66. The molecule has 0 N–H and O–H groups in total. The van der Waals surface area contributed by atoms with Crippen molar-refractivity contribution in [2.45, 2.75) is 46.6 Å². The molecule has 0 fully saturated rings. The van der Waals surface area contributed by atoms with Crippen LogP contribution in [0, 0.1) is 5.92 Å². The Balaban J connectivity index is 2.57. The first kappa shape index (κ1) is 15.2. The highest BCUT2D eigenvalue weighted by atomic mass is 15.3. The van der Waals surface area contributed by atoms with Gasteiger partial charge in [0, 0.05) is 5.56 Å². The van der Waals surface area contributed by atoms with Crippen molar-refractivity contribution in [2.24, 2.45) is 5.92 Å². The molecule has 1 rings (SSSR count). The molecule has 0 heterocycles. The molecule has 0 aromatic heterocycles. The van der Waals surface area contributed by atoms with Crippen molar-refractivity contribution >= 4 is 0 Å². The fraction of sp³-hybridized carbons (Fsp3) is 0.647. The van der Waals surface area contributed by atoms with Gasteiger partial charge < -0.3 is 4.48 Å². The van der Waals surface area contributed by atoms with Gasteiger partial charge in [-0.25, -0.2) is 0 Å². The van der Waals surface area contributed by atoms with Crippen molar-refractivity contribution in [3.8, 4) is 0 Å². The third-order valence-corrected chi connectivity index (χ3v) is 3.39. The van der Waals surface area contributed by atoms with Crippen LogP contribution in [0.3, 0.4) is 0 Å². The minimum absolute atomic E-state index is 0.743. The lowest BCUT2D eigenvalue weighted by molar-refractivity contribution is -0.903. The number of hydrogen-bond donors (Lipinski definition) is 0. The van der Waals surface area contributed by atoms with Crippen LogP contribution in [0.15, 0.2) is 24.3 Å². The lowest BCUT2D eigenvalue weighted by Crippen LogP contribution is -2.39. The summed E-state index contributed by atoms with van der Waals surface area (Å²) in [6, 6.07) is 9.22. The van der Waals surface area contributed by atoms with Crippen LogP contribution < -0.4 is 0 Å². The van der Waals surface area contributed by atoms with E-state index in [1.54, 1.807) is 0 Å². The summed E-state index contributed by atoms with van der Waals surface area (Å²) in [5.41, 5.74) is 2.93. The van der Waals surface area contributed by atoms with Crippen LogP contribution in [-0.4, -0.2) is 25.1 Å². The first-order valence-corrected chi connectivity index (χ1v) is 7.33. The lowest BCUT2D eigenvalue weighted by Gasteiger charge is -2.30. The summed E-state index contributed by atoms with van der Waals surface area (Å²) < 4.78 is 1.09. The smallest absolute Gasteiger partial charge is 0.104 e. The van der Waals surface area contributed by atoms with E-state index in [-0.39, 0.29) is 0 Å². The first-order valence-electron chi connectivity index (χ1n) is 7.33. The average Bonchev–Trinajstić information content (AvgIpc) is 2.28. The Labute approximate surface area is 113 Å². The molecule has 102 valence electrons. The van der Waals surface area contributed by atoms with Gasteiger partial charge in [-0.1, -0.05) is 51.5 Å². The molecule has 0 bridgehead atoms. The summed E-state index contributed by atoms with van der Waals surface area (Å²) in [4.78, 5) is 0. The highest BCUT2D eigenvalue weighted by Gasteiger charge is 2.14. The third-order valence-electron chi connectivity index (χ3n) is 3.39. The van der Waals surface area contributed by atoms with Gasteiger partial charge in [-0.15, -0.1) is 0 Å². The molecule has 1 aromatic rings. The summed E-state index contributed by atoms with van der Waals surface area (Å²) in [6.45, 7) is 9.23. The number of nitrogens with zero attached hydrogens (tertiary/aromatic N) is 1. The van der Waals surface area contributed by atoms with Crippen LogP contribution in [0.5, 0.6) is 0 Å². The summed E-state index contributed by atoms with van der Waals surface area (Å²) in [6.07, 6.45) is 3.79. The molecule has 18 heavy (non-hydrogen) atoms. The second kappa shape index (κ2) is 6.94. The second-order valence-corrected chi connectivity index (χ2v) is 6.59. The van der Waals surface area contributed by atoms with E-state index in [1.165, 1.54) is 36.9 Å². The topological polar surface area (TPSA) is 0 Å². The molecule has 1 heteroatoms. The molecule has 0 unspecified atom stereocenters. The monoisotopic (exact) mass is 248 g/mol. The molecule has 1 aromatic carbocycles. The molecule has 0 spiro atoms. The Morgan fingerprint density at radius 2 is 1.56 bits per heavy atom. The van der Waals surface area contributed by atoms with Crippen LogP contribution in [0.4, 0.5) is 0 Å². The van der Waals surface area contributed by atoms with Gasteiger partial charge in [-0.3, -0.25) is 0 Å². The zero-order valence-corrected chi connectivity index (χ0v) is 12.9. The molecule has 0 atom stereocenters. The van der Waals surface area contributed by atoms with Crippen LogP contribution in [0.25, 0.3) is 0 Å². The Bertz CT molecular complexity index is 335. The molecule has 0 amide bonds. The average molecular weight is 248 g/mol. The molecule has 1 nitrogen and oxygen atoms in total. The summed E-state index contributed by atoms with van der Waals surface area (Å²) in [5.74, 6) is 0.743. The van der Waals surface area contributed by atoms with Gasteiger partial charge in [-0.2, -0.15) is 0 Å². The summed E-state index contributed by atoms with van der Waals surface area (Å²) >= 11 is 0. The number of benzene rings is 1. The zero-order chi connectivity index (χ0) is 13.6. The van der Waals surface area contributed by atoms with E-state index in [2.05, 4.69) is 59.1 Å². The first-order chi connectivity index (χ1) is 8.43. The summed E-state index contributed by atoms with van der Waals surface area (Å²) in [5, 5.41) is 0. The molecule has 0 radical (unpaired) electrons. The Kier molecular flexibility index (Phi) is 5.87. The highest BCUT2D eigenvalue weighted by molar-refractivity contribution is 5.22. The van der Waals surface area contributed by atoms with Gasteiger partial charge in [0.15, 0.2) is 0 Å². The van der Waals surface area contributed by atoms with Gasteiger partial charge in [0.1, 0.15) is 6.54 Å². The van der Waals surface area contributed by atoms with Crippen molar-refractivity contribution < 1.29 is 4.48 Å². The fourth-order valence-corrected chi connectivity index (χ4v) is 2.41. The number of quaternary nitrogens is 1. The van der Waals surface area contributed by atoms with Crippen LogP contribution in [0.1, 0.15) is 44.7 Å². The highest BCUT2D eigenvalue weighted by Crippen LogP contribution is 2.14.